The lowest BCUT2D eigenvalue weighted by Crippen LogP contribution is -2.11. The first-order valence-corrected chi connectivity index (χ1v) is 7.75. The monoisotopic (exact) mass is 382 g/mol. The van der Waals surface area contributed by atoms with Crippen LogP contribution < -0.4 is 4.74 Å². The summed E-state index contributed by atoms with van der Waals surface area (Å²) in [6.45, 7) is 3.67. The van der Waals surface area contributed by atoms with Gasteiger partial charge in [0, 0.05) is 17.0 Å². The first-order chi connectivity index (χ1) is 12.7. The van der Waals surface area contributed by atoms with E-state index in [9.17, 15) is 26.3 Å². The van der Waals surface area contributed by atoms with Gasteiger partial charge in [0.1, 0.15) is 35.4 Å². The highest BCUT2D eigenvalue weighted by Gasteiger charge is 2.38. The van der Waals surface area contributed by atoms with E-state index in [0.29, 0.717) is 6.07 Å². The average molecular weight is 382 g/mol. The maximum Gasteiger partial charge on any atom is 0.422 e. The Morgan fingerprint density at radius 3 is 2.30 bits per heavy atom. The van der Waals surface area contributed by atoms with Crippen molar-refractivity contribution in [3.63, 3.8) is 0 Å². The van der Waals surface area contributed by atoms with Crippen molar-refractivity contribution >= 4 is 10.8 Å². The number of benzene rings is 3. The Balaban J connectivity index is 2.09. The van der Waals surface area contributed by atoms with Crippen LogP contribution in [0.5, 0.6) is 5.75 Å². The van der Waals surface area contributed by atoms with Gasteiger partial charge in [0.15, 0.2) is 0 Å². The maximum absolute atomic E-state index is 14.3. The molecule has 27 heavy (non-hydrogen) atoms. The molecule has 0 fully saturated rings. The lowest BCUT2D eigenvalue weighted by molar-refractivity contribution is -0.142. The van der Waals surface area contributed by atoms with Crippen LogP contribution in [0.15, 0.2) is 55.1 Å². The predicted octanol–water partition coefficient (Wildman–Crippen LogP) is 6.51. The topological polar surface area (TPSA) is 9.23 Å². The van der Waals surface area contributed by atoms with Crippen molar-refractivity contribution in [2.75, 3.05) is 6.61 Å². The highest BCUT2D eigenvalue weighted by Crippen LogP contribution is 2.38. The first kappa shape index (κ1) is 18.8. The van der Waals surface area contributed by atoms with Crippen molar-refractivity contribution in [3.05, 3.63) is 78.1 Å². The quantitative estimate of drug-likeness (QED) is 0.369. The van der Waals surface area contributed by atoms with Crippen molar-refractivity contribution in [2.24, 2.45) is 0 Å². The molecule has 7 heteroatoms. The van der Waals surface area contributed by atoms with Gasteiger partial charge in [0.25, 0.3) is 0 Å². The fourth-order valence-electron chi connectivity index (χ4n) is 2.73. The second kappa shape index (κ2) is 6.98. The van der Waals surface area contributed by atoms with E-state index in [2.05, 4.69) is 6.58 Å². The minimum Gasteiger partial charge on any atom is -0.489 e. The summed E-state index contributed by atoms with van der Waals surface area (Å²) in [6.07, 6.45) is -3.66. The molecular weight excluding hydrogens is 370 g/mol. The van der Waals surface area contributed by atoms with Crippen LogP contribution in [-0.2, 0) is 6.18 Å². The Morgan fingerprint density at radius 1 is 0.926 bits per heavy atom. The minimum atomic E-state index is -5.16. The van der Waals surface area contributed by atoms with Crippen LogP contribution in [0.2, 0.25) is 0 Å². The fourth-order valence-corrected chi connectivity index (χ4v) is 2.73. The molecule has 0 N–H and O–H groups in total. The van der Waals surface area contributed by atoms with E-state index < -0.39 is 34.6 Å². The van der Waals surface area contributed by atoms with E-state index in [4.69, 9.17) is 4.74 Å². The highest BCUT2D eigenvalue weighted by molar-refractivity contribution is 5.88. The lowest BCUT2D eigenvalue weighted by atomic mass is 9.98. The zero-order valence-corrected chi connectivity index (χ0v) is 13.7. The molecule has 0 amide bonds. The molecule has 0 radical (unpaired) electrons. The van der Waals surface area contributed by atoms with E-state index in [1.165, 1.54) is 30.3 Å². The molecule has 0 saturated heterocycles. The molecule has 3 aromatic rings. The van der Waals surface area contributed by atoms with E-state index in [0.717, 1.165) is 12.1 Å². The Labute approximate surface area is 150 Å². The molecule has 0 aliphatic carbocycles. The molecule has 0 unspecified atom stereocenters. The number of rotatable bonds is 4. The Morgan fingerprint density at radius 2 is 1.67 bits per heavy atom. The molecule has 0 aliphatic rings. The van der Waals surface area contributed by atoms with Crippen molar-refractivity contribution in [1.82, 2.24) is 0 Å². The summed E-state index contributed by atoms with van der Waals surface area (Å²) in [5.41, 5.74) is -1.57. The van der Waals surface area contributed by atoms with Gasteiger partial charge in [-0.15, -0.1) is 0 Å². The Kier molecular flexibility index (Phi) is 4.87. The Hall–Kier alpha value is -2.96. The summed E-state index contributed by atoms with van der Waals surface area (Å²) < 4.78 is 85.9. The average Bonchev–Trinajstić information content (AvgIpc) is 2.58. The smallest absolute Gasteiger partial charge is 0.422 e. The van der Waals surface area contributed by atoms with Crippen molar-refractivity contribution in [2.45, 2.75) is 6.18 Å². The molecule has 140 valence electrons. The molecule has 1 nitrogen and oxygen atoms in total. The molecule has 0 heterocycles. The SMILES string of the molecule is C=CCOc1ccc(-c2ccc3c(F)c(C(F)(F)F)c(F)cc3c2)c(F)c1. The minimum absolute atomic E-state index is 0.109. The van der Waals surface area contributed by atoms with Crippen LogP contribution >= 0.6 is 0 Å². The van der Waals surface area contributed by atoms with Gasteiger partial charge < -0.3 is 4.74 Å². The lowest BCUT2D eigenvalue weighted by Gasteiger charge is -2.13. The fraction of sp³-hybridized carbons (Fsp3) is 0.100. The van der Waals surface area contributed by atoms with E-state index in [1.807, 2.05) is 0 Å². The summed E-state index contributed by atoms with van der Waals surface area (Å²) in [7, 11) is 0. The van der Waals surface area contributed by atoms with E-state index >= 15 is 0 Å². The normalized spacial score (nSPS) is 11.6. The third-order valence-electron chi connectivity index (χ3n) is 3.93. The summed E-state index contributed by atoms with van der Waals surface area (Å²) >= 11 is 0. The largest absolute Gasteiger partial charge is 0.489 e. The number of fused-ring (bicyclic) bond motifs is 1. The number of hydrogen-bond donors (Lipinski definition) is 0. The number of ether oxygens (including phenoxy) is 1. The third kappa shape index (κ3) is 3.63. The standard InChI is InChI=1S/C20H12F6O/c1-2-7-27-13-4-6-14(16(21)10-13)11-3-5-15-12(8-11)9-17(22)18(19(15)23)20(24,25)26/h2-6,8-10H,1,7H2. The van der Waals surface area contributed by atoms with Gasteiger partial charge in [0.2, 0.25) is 0 Å². The van der Waals surface area contributed by atoms with Gasteiger partial charge >= 0.3 is 6.18 Å². The highest BCUT2D eigenvalue weighted by atomic mass is 19.4. The van der Waals surface area contributed by atoms with E-state index in [-0.39, 0.29) is 28.9 Å². The van der Waals surface area contributed by atoms with Crippen LogP contribution in [0, 0.1) is 17.5 Å². The second-order valence-electron chi connectivity index (χ2n) is 5.72. The third-order valence-corrected chi connectivity index (χ3v) is 3.93. The van der Waals surface area contributed by atoms with Crippen LogP contribution in [-0.4, -0.2) is 6.61 Å². The molecule has 0 aliphatic heterocycles. The molecule has 0 saturated carbocycles. The van der Waals surface area contributed by atoms with Crippen LogP contribution in [0.4, 0.5) is 26.3 Å². The van der Waals surface area contributed by atoms with Crippen molar-refractivity contribution < 1.29 is 31.1 Å². The molecule has 0 bridgehead atoms. The summed E-state index contributed by atoms with van der Waals surface area (Å²) in [6, 6.07) is 8.19. The summed E-state index contributed by atoms with van der Waals surface area (Å²) in [5.74, 6) is -3.80. The zero-order valence-electron chi connectivity index (χ0n) is 13.7. The predicted molar refractivity (Wildman–Crippen MR) is 90.0 cm³/mol. The van der Waals surface area contributed by atoms with Gasteiger partial charge in [-0.05, 0) is 35.2 Å². The van der Waals surface area contributed by atoms with Crippen molar-refractivity contribution in [1.29, 1.82) is 0 Å². The summed E-state index contributed by atoms with van der Waals surface area (Å²) in [4.78, 5) is 0. The van der Waals surface area contributed by atoms with Gasteiger partial charge in [-0.1, -0.05) is 24.8 Å². The molecule has 0 aromatic heterocycles. The van der Waals surface area contributed by atoms with Gasteiger partial charge in [-0.25, -0.2) is 13.2 Å². The molecular formula is C20H12F6O. The first-order valence-electron chi connectivity index (χ1n) is 7.75. The number of hydrogen-bond acceptors (Lipinski definition) is 1. The van der Waals surface area contributed by atoms with Gasteiger partial charge in [-0.3, -0.25) is 0 Å². The van der Waals surface area contributed by atoms with Crippen LogP contribution in [0.3, 0.4) is 0 Å². The van der Waals surface area contributed by atoms with Gasteiger partial charge in [-0.2, -0.15) is 13.2 Å². The number of alkyl halides is 3. The van der Waals surface area contributed by atoms with Crippen molar-refractivity contribution in [3.8, 4) is 16.9 Å². The van der Waals surface area contributed by atoms with Crippen LogP contribution in [0.25, 0.3) is 21.9 Å². The maximum atomic E-state index is 14.3. The zero-order chi connectivity index (χ0) is 19.8. The van der Waals surface area contributed by atoms with E-state index in [1.54, 1.807) is 0 Å². The number of halogens is 6. The Bertz CT molecular complexity index is 1020. The van der Waals surface area contributed by atoms with Crippen LogP contribution in [0.1, 0.15) is 5.56 Å². The summed E-state index contributed by atoms with van der Waals surface area (Å²) in [5, 5.41) is -0.513. The second-order valence-corrected chi connectivity index (χ2v) is 5.72. The molecule has 0 spiro atoms. The molecule has 0 atom stereocenters. The molecule has 3 aromatic carbocycles. The van der Waals surface area contributed by atoms with Gasteiger partial charge in [0.05, 0.1) is 0 Å². The molecule has 3 rings (SSSR count).